The summed E-state index contributed by atoms with van der Waals surface area (Å²) in [6.45, 7) is 0.461. The van der Waals surface area contributed by atoms with Crippen molar-refractivity contribution in [3.05, 3.63) is 58.1 Å². The largest absolute Gasteiger partial charge is 0.457 e. The molecule has 0 aliphatic heterocycles. The number of rotatable bonds is 4. The second kappa shape index (κ2) is 6.00. The maximum Gasteiger partial charge on any atom is 0.133 e. The van der Waals surface area contributed by atoms with Crippen molar-refractivity contribution in [2.24, 2.45) is 5.73 Å². The maximum absolute atomic E-state index is 8.97. The van der Waals surface area contributed by atoms with Gasteiger partial charge in [0.15, 0.2) is 0 Å². The first-order valence-corrected chi connectivity index (χ1v) is 6.38. The Bertz CT molecular complexity index is 526. The summed E-state index contributed by atoms with van der Waals surface area (Å²) < 4.78 is 6.74. The molecular weight excluding hydrogens is 294 g/mol. The lowest BCUT2D eigenvalue weighted by molar-refractivity contribution is 0.281. The molecule has 2 aromatic rings. The van der Waals surface area contributed by atoms with E-state index in [0.717, 1.165) is 27.1 Å². The molecule has 2 rings (SSSR count). The summed E-state index contributed by atoms with van der Waals surface area (Å²) >= 11 is 3.41. The molecule has 0 heterocycles. The lowest BCUT2D eigenvalue weighted by atomic mass is 10.2. The Hall–Kier alpha value is -1.36. The first-order chi connectivity index (χ1) is 8.72. The standard InChI is InChI=1S/C14H14BrNO2/c15-12-4-3-11(8-16)14(7-12)18-13-5-1-10(9-17)2-6-13/h1-7,17H,8-9,16H2. The average molecular weight is 308 g/mol. The van der Waals surface area contributed by atoms with Gasteiger partial charge < -0.3 is 15.6 Å². The van der Waals surface area contributed by atoms with Crippen LogP contribution in [0.25, 0.3) is 0 Å². The van der Waals surface area contributed by atoms with Crippen LogP contribution in [0.15, 0.2) is 46.9 Å². The molecule has 0 fully saturated rings. The van der Waals surface area contributed by atoms with Gasteiger partial charge in [-0.1, -0.05) is 34.1 Å². The van der Waals surface area contributed by atoms with Crippen molar-refractivity contribution in [1.29, 1.82) is 0 Å². The highest BCUT2D eigenvalue weighted by Gasteiger charge is 2.04. The zero-order chi connectivity index (χ0) is 13.0. The quantitative estimate of drug-likeness (QED) is 0.912. The molecule has 94 valence electrons. The molecule has 0 bridgehead atoms. The van der Waals surface area contributed by atoms with E-state index in [1.807, 2.05) is 42.5 Å². The molecule has 0 saturated carbocycles. The molecule has 3 N–H and O–H groups in total. The Morgan fingerprint density at radius 1 is 1.11 bits per heavy atom. The molecule has 3 nitrogen and oxygen atoms in total. The SMILES string of the molecule is NCc1ccc(Br)cc1Oc1ccc(CO)cc1. The Kier molecular flexibility index (Phi) is 4.36. The maximum atomic E-state index is 8.97. The van der Waals surface area contributed by atoms with Crippen LogP contribution in [0.4, 0.5) is 0 Å². The summed E-state index contributed by atoms with van der Waals surface area (Å²) in [5, 5.41) is 8.97. The van der Waals surface area contributed by atoms with Gasteiger partial charge >= 0.3 is 0 Å². The summed E-state index contributed by atoms with van der Waals surface area (Å²) in [4.78, 5) is 0. The molecule has 0 aromatic heterocycles. The summed E-state index contributed by atoms with van der Waals surface area (Å²) in [7, 11) is 0. The van der Waals surface area contributed by atoms with Crippen LogP contribution in [0.1, 0.15) is 11.1 Å². The lowest BCUT2D eigenvalue weighted by Crippen LogP contribution is -1.99. The van der Waals surface area contributed by atoms with E-state index in [1.54, 1.807) is 0 Å². The fourth-order valence-electron chi connectivity index (χ4n) is 1.58. The van der Waals surface area contributed by atoms with Gasteiger partial charge in [0.1, 0.15) is 11.5 Å². The van der Waals surface area contributed by atoms with Gasteiger partial charge in [-0.05, 0) is 29.8 Å². The highest BCUT2D eigenvalue weighted by atomic mass is 79.9. The van der Waals surface area contributed by atoms with Gasteiger partial charge in [0.05, 0.1) is 6.61 Å². The Labute approximate surface area is 114 Å². The molecule has 0 unspecified atom stereocenters. The van der Waals surface area contributed by atoms with E-state index in [4.69, 9.17) is 15.6 Å². The first-order valence-electron chi connectivity index (χ1n) is 5.59. The van der Waals surface area contributed by atoms with Crippen molar-refractivity contribution in [3.8, 4) is 11.5 Å². The predicted molar refractivity (Wildman–Crippen MR) is 74.5 cm³/mol. The second-order valence-electron chi connectivity index (χ2n) is 3.86. The summed E-state index contributed by atoms with van der Waals surface area (Å²) in [5.41, 5.74) is 7.48. The van der Waals surface area contributed by atoms with Crippen molar-refractivity contribution in [2.75, 3.05) is 0 Å². The van der Waals surface area contributed by atoms with Gasteiger partial charge in [0, 0.05) is 16.6 Å². The molecule has 0 aliphatic carbocycles. The van der Waals surface area contributed by atoms with Crippen LogP contribution in [0, 0.1) is 0 Å². The highest BCUT2D eigenvalue weighted by molar-refractivity contribution is 9.10. The average Bonchev–Trinajstić information content (AvgIpc) is 2.40. The second-order valence-corrected chi connectivity index (χ2v) is 4.78. The predicted octanol–water partition coefficient (Wildman–Crippen LogP) is 3.19. The van der Waals surface area contributed by atoms with Crippen molar-refractivity contribution in [2.45, 2.75) is 13.2 Å². The molecular formula is C14H14BrNO2. The smallest absolute Gasteiger partial charge is 0.133 e. The van der Waals surface area contributed by atoms with E-state index in [0.29, 0.717) is 6.54 Å². The van der Waals surface area contributed by atoms with Crippen LogP contribution in [0.5, 0.6) is 11.5 Å². The molecule has 18 heavy (non-hydrogen) atoms. The van der Waals surface area contributed by atoms with E-state index >= 15 is 0 Å². The van der Waals surface area contributed by atoms with Gasteiger partial charge in [0.25, 0.3) is 0 Å². The summed E-state index contributed by atoms with van der Waals surface area (Å²) in [6.07, 6.45) is 0. The van der Waals surface area contributed by atoms with Crippen LogP contribution in [0.3, 0.4) is 0 Å². The van der Waals surface area contributed by atoms with Crippen LogP contribution in [-0.4, -0.2) is 5.11 Å². The first kappa shape index (κ1) is 13.1. The van der Waals surface area contributed by atoms with Crippen molar-refractivity contribution in [3.63, 3.8) is 0 Å². The minimum Gasteiger partial charge on any atom is -0.457 e. The molecule has 2 aromatic carbocycles. The van der Waals surface area contributed by atoms with Gasteiger partial charge in [-0.15, -0.1) is 0 Å². The fraction of sp³-hybridized carbons (Fsp3) is 0.143. The van der Waals surface area contributed by atoms with Gasteiger partial charge in [-0.25, -0.2) is 0 Å². The molecule has 0 saturated heterocycles. The number of benzene rings is 2. The number of hydrogen-bond donors (Lipinski definition) is 2. The van der Waals surface area contributed by atoms with Crippen LogP contribution < -0.4 is 10.5 Å². The number of nitrogens with two attached hydrogens (primary N) is 1. The molecule has 0 atom stereocenters. The summed E-state index contributed by atoms with van der Waals surface area (Å²) in [6, 6.07) is 13.1. The van der Waals surface area contributed by atoms with Crippen LogP contribution in [0.2, 0.25) is 0 Å². The zero-order valence-corrected chi connectivity index (χ0v) is 11.4. The third-order valence-corrected chi connectivity index (χ3v) is 3.08. The van der Waals surface area contributed by atoms with E-state index in [1.165, 1.54) is 0 Å². The van der Waals surface area contributed by atoms with Crippen molar-refractivity contribution in [1.82, 2.24) is 0 Å². The zero-order valence-electron chi connectivity index (χ0n) is 9.77. The van der Waals surface area contributed by atoms with Crippen LogP contribution in [-0.2, 0) is 13.2 Å². The minimum absolute atomic E-state index is 0.0330. The third kappa shape index (κ3) is 3.10. The molecule has 4 heteroatoms. The number of aliphatic hydroxyl groups excluding tert-OH is 1. The lowest BCUT2D eigenvalue weighted by Gasteiger charge is -2.10. The van der Waals surface area contributed by atoms with Gasteiger partial charge in [-0.2, -0.15) is 0 Å². The van der Waals surface area contributed by atoms with Crippen LogP contribution >= 0.6 is 15.9 Å². The summed E-state index contributed by atoms with van der Waals surface area (Å²) in [5.74, 6) is 1.46. The minimum atomic E-state index is 0.0330. The topological polar surface area (TPSA) is 55.5 Å². The molecule has 0 spiro atoms. The van der Waals surface area contributed by atoms with E-state index in [2.05, 4.69) is 15.9 Å². The Morgan fingerprint density at radius 2 is 1.83 bits per heavy atom. The van der Waals surface area contributed by atoms with Crippen molar-refractivity contribution >= 4 is 15.9 Å². The van der Waals surface area contributed by atoms with Gasteiger partial charge in [0.2, 0.25) is 0 Å². The van der Waals surface area contributed by atoms with Crippen molar-refractivity contribution < 1.29 is 9.84 Å². The highest BCUT2D eigenvalue weighted by Crippen LogP contribution is 2.28. The number of ether oxygens (including phenoxy) is 1. The normalized spacial score (nSPS) is 10.4. The van der Waals surface area contributed by atoms with E-state index in [-0.39, 0.29) is 6.61 Å². The molecule has 0 aliphatic rings. The third-order valence-electron chi connectivity index (χ3n) is 2.58. The number of aliphatic hydroxyl groups is 1. The van der Waals surface area contributed by atoms with Gasteiger partial charge in [-0.3, -0.25) is 0 Å². The number of hydrogen-bond acceptors (Lipinski definition) is 3. The van der Waals surface area contributed by atoms with E-state index < -0.39 is 0 Å². The fourth-order valence-corrected chi connectivity index (χ4v) is 1.92. The molecule has 0 radical (unpaired) electrons. The van der Waals surface area contributed by atoms with E-state index in [9.17, 15) is 0 Å². The Morgan fingerprint density at radius 3 is 2.44 bits per heavy atom. The Balaban J connectivity index is 2.24. The number of halogens is 1. The monoisotopic (exact) mass is 307 g/mol. The molecule has 0 amide bonds.